The van der Waals surface area contributed by atoms with Gasteiger partial charge in [0.05, 0.1) is 17.4 Å². The Labute approximate surface area is 128 Å². The Hall–Kier alpha value is -2.94. The fourth-order valence-electron chi connectivity index (χ4n) is 2.80. The first-order chi connectivity index (χ1) is 10.8. The molecular formula is C19H15N3. The van der Waals surface area contributed by atoms with Gasteiger partial charge >= 0.3 is 0 Å². The van der Waals surface area contributed by atoms with Crippen LogP contribution in [0.2, 0.25) is 0 Å². The monoisotopic (exact) mass is 285 g/mol. The van der Waals surface area contributed by atoms with Crippen LogP contribution < -0.4 is 0 Å². The number of nitrogens with one attached hydrogen (secondary N) is 1. The van der Waals surface area contributed by atoms with Gasteiger partial charge in [0, 0.05) is 22.7 Å². The number of aromatic nitrogens is 3. The van der Waals surface area contributed by atoms with Crippen molar-refractivity contribution in [3.63, 3.8) is 0 Å². The van der Waals surface area contributed by atoms with Crippen LogP contribution in [0.25, 0.3) is 33.3 Å². The minimum absolute atomic E-state index is 1.02. The van der Waals surface area contributed by atoms with Gasteiger partial charge in [-0.15, -0.1) is 0 Å². The molecule has 0 saturated heterocycles. The molecule has 1 N–H and O–H groups in total. The van der Waals surface area contributed by atoms with E-state index in [0.717, 1.165) is 27.7 Å². The van der Waals surface area contributed by atoms with E-state index in [1.54, 1.807) is 0 Å². The second-order valence-electron chi connectivity index (χ2n) is 5.39. The smallest absolute Gasteiger partial charge is 0.0782 e. The third-order valence-electron chi connectivity index (χ3n) is 3.96. The van der Waals surface area contributed by atoms with Crippen molar-refractivity contribution in [2.24, 2.45) is 0 Å². The minimum Gasteiger partial charge on any atom is -0.278 e. The lowest BCUT2D eigenvalue weighted by Gasteiger charge is -2.11. The number of benzene rings is 2. The summed E-state index contributed by atoms with van der Waals surface area (Å²) in [7, 11) is 0. The first-order valence-electron chi connectivity index (χ1n) is 7.27. The van der Waals surface area contributed by atoms with Gasteiger partial charge in [-0.1, -0.05) is 36.4 Å². The van der Waals surface area contributed by atoms with Gasteiger partial charge in [0.25, 0.3) is 0 Å². The number of hydrogen-bond donors (Lipinski definition) is 1. The zero-order chi connectivity index (χ0) is 14.9. The molecule has 0 aliphatic carbocycles. The molecule has 0 aliphatic rings. The maximum atomic E-state index is 4.63. The Morgan fingerprint density at radius 3 is 2.68 bits per heavy atom. The van der Waals surface area contributed by atoms with Crippen molar-refractivity contribution in [1.82, 2.24) is 15.2 Å². The van der Waals surface area contributed by atoms with Crippen molar-refractivity contribution in [2.75, 3.05) is 0 Å². The van der Waals surface area contributed by atoms with Gasteiger partial charge in [-0.25, -0.2) is 0 Å². The molecule has 4 aromatic rings. The molecular weight excluding hydrogens is 270 g/mol. The molecule has 0 amide bonds. The number of aromatic amines is 1. The molecule has 0 fully saturated rings. The lowest BCUT2D eigenvalue weighted by atomic mass is 9.96. The highest BCUT2D eigenvalue weighted by Crippen LogP contribution is 2.33. The number of H-pyrrole nitrogens is 1. The number of rotatable bonds is 2. The van der Waals surface area contributed by atoms with Crippen LogP contribution in [0.3, 0.4) is 0 Å². The largest absolute Gasteiger partial charge is 0.278 e. The fourth-order valence-corrected chi connectivity index (χ4v) is 2.80. The van der Waals surface area contributed by atoms with Crippen LogP contribution >= 0.6 is 0 Å². The summed E-state index contributed by atoms with van der Waals surface area (Å²) < 4.78 is 0. The van der Waals surface area contributed by atoms with Gasteiger partial charge in [0.2, 0.25) is 0 Å². The molecule has 2 aromatic heterocycles. The predicted octanol–water partition coefficient (Wildman–Crippen LogP) is 4.60. The van der Waals surface area contributed by atoms with Crippen molar-refractivity contribution in [3.8, 4) is 22.4 Å². The zero-order valence-electron chi connectivity index (χ0n) is 12.2. The summed E-state index contributed by atoms with van der Waals surface area (Å²) in [6, 6.07) is 18.8. The minimum atomic E-state index is 1.02. The van der Waals surface area contributed by atoms with Crippen molar-refractivity contribution in [3.05, 3.63) is 72.6 Å². The molecule has 2 aromatic carbocycles. The number of pyridine rings is 1. The van der Waals surface area contributed by atoms with E-state index >= 15 is 0 Å². The third kappa shape index (κ3) is 2.07. The van der Waals surface area contributed by atoms with Crippen molar-refractivity contribution in [1.29, 1.82) is 0 Å². The predicted molar refractivity (Wildman–Crippen MR) is 89.5 cm³/mol. The molecule has 3 heteroatoms. The van der Waals surface area contributed by atoms with E-state index in [0.29, 0.717) is 0 Å². The molecule has 106 valence electrons. The molecule has 0 atom stereocenters. The average molecular weight is 285 g/mol. The number of nitrogens with zero attached hydrogens (tertiary/aromatic N) is 2. The molecule has 2 heterocycles. The maximum Gasteiger partial charge on any atom is 0.0782 e. The standard InChI is InChI=1S/C19H15N3/c1-13-5-2-3-6-16(13)19-17(7-4-10-20-19)14-8-9-18-15(11-14)12-21-22-18/h2-12H,1H3,(H,21,22). The summed E-state index contributed by atoms with van der Waals surface area (Å²) in [5.74, 6) is 0. The molecule has 0 unspecified atom stereocenters. The van der Waals surface area contributed by atoms with Crippen LogP contribution in [-0.4, -0.2) is 15.2 Å². The molecule has 22 heavy (non-hydrogen) atoms. The summed E-state index contributed by atoms with van der Waals surface area (Å²) in [6.45, 7) is 2.12. The van der Waals surface area contributed by atoms with Gasteiger partial charge in [-0.2, -0.15) is 5.10 Å². The fraction of sp³-hybridized carbons (Fsp3) is 0.0526. The van der Waals surface area contributed by atoms with E-state index in [1.165, 1.54) is 11.1 Å². The van der Waals surface area contributed by atoms with Crippen molar-refractivity contribution >= 4 is 10.9 Å². The van der Waals surface area contributed by atoms with E-state index in [2.05, 4.69) is 70.6 Å². The van der Waals surface area contributed by atoms with Crippen LogP contribution in [-0.2, 0) is 0 Å². The van der Waals surface area contributed by atoms with Crippen LogP contribution in [0.4, 0.5) is 0 Å². The van der Waals surface area contributed by atoms with Crippen molar-refractivity contribution in [2.45, 2.75) is 6.92 Å². The highest BCUT2D eigenvalue weighted by Gasteiger charge is 2.11. The Bertz CT molecular complexity index is 953. The Kier molecular flexibility index (Phi) is 2.97. The number of fused-ring (bicyclic) bond motifs is 1. The van der Waals surface area contributed by atoms with Crippen molar-refractivity contribution < 1.29 is 0 Å². The second-order valence-corrected chi connectivity index (χ2v) is 5.39. The summed E-state index contributed by atoms with van der Waals surface area (Å²) >= 11 is 0. The summed E-state index contributed by atoms with van der Waals surface area (Å²) in [4.78, 5) is 4.63. The van der Waals surface area contributed by atoms with E-state index in [9.17, 15) is 0 Å². The van der Waals surface area contributed by atoms with E-state index in [-0.39, 0.29) is 0 Å². The summed E-state index contributed by atoms with van der Waals surface area (Å²) in [5, 5.41) is 8.19. The van der Waals surface area contributed by atoms with Crippen LogP contribution in [0.15, 0.2) is 67.0 Å². The van der Waals surface area contributed by atoms with E-state index < -0.39 is 0 Å². The lowest BCUT2D eigenvalue weighted by Crippen LogP contribution is -1.91. The van der Waals surface area contributed by atoms with Gasteiger partial charge in [-0.05, 0) is 36.2 Å². The number of aryl methyl sites for hydroxylation is 1. The third-order valence-corrected chi connectivity index (χ3v) is 3.96. The normalized spacial score (nSPS) is 11.0. The highest BCUT2D eigenvalue weighted by molar-refractivity contribution is 5.88. The maximum absolute atomic E-state index is 4.63. The second kappa shape index (κ2) is 5.11. The van der Waals surface area contributed by atoms with Gasteiger partial charge in [-0.3, -0.25) is 10.1 Å². The average Bonchev–Trinajstić information content (AvgIpc) is 3.03. The number of hydrogen-bond acceptors (Lipinski definition) is 2. The van der Waals surface area contributed by atoms with Crippen LogP contribution in [0.5, 0.6) is 0 Å². The molecule has 0 aliphatic heterocycles. The molecule has 4 rings (SSSR count). The van der Waals surface area contributed by atoms with E-state index in [1.807, 2.05) is 18.5 Å². The quantitative estimate of drug-likeness (QED) is 0.584. The van der Waals surface area contributed by atoms with Gasteiger partial charge in [0.15, 0.2) is 0 Å². The lowest BCUT2D eigenvalue weighted by molar-refractivity contribution is 1.12. The van der Waals surface area contributed by atoms with E-state index in [4.69, 9.17) is 0 Å². The summed E-state index contributed by atoms with van der Waals surface area (Å²) in [6.07, 6.45) is 3.70. The van der Waals surface area contributed by atoms with Crippen LogP contribution in [0, 0.1) is 6.92 Å². The molecule has 0 radical (unpaired) electrons. The topological polar surface area (TPSA) is 41.6 Å². The Morgan fingerprint density at radius 2 is 1.77 bits per heavy atom. The first-order valence-corrected chi connectivity index (χ1v) is 7.27. The van der Waals surface area contributed by atoms with Crippen LogP contribution in [0.1, 0.15) is 5.56 Å². The Morgan fingerprint density at radius 1 is 0.909 bits per heavy atom. The molecule has 0 spiro atoms. The molecule has 3 nitrogen and oxygen atoms in total. The van der Waals surface area contributed by atoms with Gasteiger partial charge < -0.3 is 0 Å². The first kappa shape index (κ1) is 12.8. The zero-order valence-corrected chi connectivity index (χ0v) is 12.2. The van der Waals surface area contributed by atoms with Gasteiger partial charge in [0.1, 0.15) is 0 Å². The molecule has 0 saturated carbocycles. The summed E-state index contributed by atoms with van der Waals surface area (Å²) in [5.41, 5.74) is 6.76. The molecule has 0 bridgehead atoms. The Balaban J connectivity index is 1.94. The highest BCUT2D eigenvalue weighted by atomic mass is 15.1. The SMILES string of the molecule is Cc1ccccc1-c1ncccc1-c1ccc2[nH]ncc2c1.